The van der Waals surface area contributed by atoms with Crippen LogP contribution in [0.15, 0.2) is 0 Å². The summed E-state index contributed by atoms with van der Waals surface area (Å²) in [5, 5.41) is 33.8. The molecule has 0 unspecified atom stereocenters. The minimum Gasteiger partial charge on any atom is -0.481 e. The Morgan fingerprint density at radius 2 is 1.27 bits per heavy atom. The molecule has 0 atom stereocenters. The molecule has 0 spiro atoms. The number of carboxylic acid groups (broad SMARTS) is 3. The molecule has 0 aliphatic carbocycles. The van der Waals surface area contributed by atoms with E-state index < -0.39 is 36.4 Å². The summed E-state index contributed by atoms with van der Waals surface area (Å²) in [4.78, 5) is 30.5. The van der Waals surface area contributed by atoms with Crippen molar-refractivity contribution in [3.05, 3.63) is 0 Å². The van der Waals surface area contributed by atoms with E-state index in [0.717, 1.165) is 0 Å². The normalized spacial score (nSPS) is 9.80. The van der Waals surface area contributed by atoms with Crippen molar-refractivity contribution in [2.24, 2.45) is 5.73 Å². The van der Waals surface area contributed by atoms with E-state index in [0.29, 0.717) is 0 Å². The number of carboxylic acids is 3. The summed E-state index contributed by atoms with van der Waals surface area (Å²) in [6.07, 6.45) is -2.29. The number of rotatable bonds is 5. The Kier molecular flexibility index (Phi) is 7.09. The number of hydrogen-bond donors (Lipinski definition) is 5. The van der Waals surface area contributed by atoms with E-state index in [-0.39, 0.29) is 0 Å². The Morgan fingerprint density at radius 1 is 1.00 bits per heavy atom. The van der Waals surface area contributed by atoms with E-state index in [1.165, 1.54) is 7.05 Å². The molecule has 0 aliphatic rings. The van der Waals surface area contributed by atoms with Crippen LogP contribution in [0.3, 0.4) is 0 Å². The first kappa shape index (κ1) is 15.8. The molecule has 88 valence electrons. The fourth-order valence-corrected chi connectivity index (χ4v) is 0.714. The molecule has 0 aromatic carbocycles. The highest BCUT2D eigenvalue weighted by Crippen LogP contribution is 2.15. The third kappa shape index (κ3) is 6.41. The second kappa shape index (κ2) is 6.74. The quantitative estimate of drug-likeness (QED) is 0.370. The van der Waals surface area contributed by atoms with Crippen LogP contribution in [0.4, 0.5) is 0 Å². The zero-order chi connectivity index (χ0) is 12.6. The summed E-state index contributed by atoms with van der Waals surface area (Å²) in [6.45, 7) is 0. The van der Waals surface area contributed by atoms with Crippen LogP contribution >= 0.6 is 0 Å². The molecular formula is C7H13NO7. The van der Waals surface area contributed by atoms with Crippen LogP contribution in [0.25, 0.3) is 0 Å². The monoisotopic (exact) mass is 223 g/mol. The molecule has 0 heterocycles. The number of hydrogen-bond acceptors (Lipinski definition) is 5. The SMILES string of the molecule is CN.O=C(O)CC(O)(CC(=O)O)C(=O)O. The Hall–Kier alpha value is -1.67. The molecular weight excluding hydrogens is 210 g/mol. The molecule has 15 heavy (non-hydrogen) atoms. The van der Waals surface area contributed by atoms with Gasteiger partial charge in [0.1, 0.15) is 0 Å². The average molecular weight is 223 g/mol. The fourth-order valence-electron chi connectivity index (χ4n) is 0.714. The highest BCUT2D eigenvalue weighted by Gasteiger charge is 2.40. The highest BCUT2D eigenvalue weighted by atomic mass is 16.4. The molecule has 0 radical (unpaired) electrons. The second-order valence-electron chi connectivity index (χ2n) is 2.48. The first-order valence-electron chi connectivity index (χ1n) is 3.75. The van der Waals surface area contributed by atoms with Gasteiger partial charge in [-0.2, -0.15) is 0 Å². The lowest BCUT2D eigenvalue weighted by Gasteiger charge is -2.18. The van der Waals surface area contributed by atoms with Crippen molar-refractivity contribution in [2.45, 2.75) is 18.4 Å². The van der Waals surface area contributed by atoms with Gasteiger partial charge in [0.2, 0.25) is 0 Å². The van der Waals surface area contributed by atoms with E-state index in [2.05, 4.69) is 5.73 Å². The molecule has 8 nitrogen and oxygen atoms in total. The summed E-state index contributed by atoms with van der Waals surface area (Å²) in [5.41, 5.74) is 1.76. The van der Waals surface area contributed by atoms with Crippen molar-refractivity contribution in [3.63, 3.8) is 0 Å². The summed E-state index contributed by atoms with van der Waals surface area (Å²) in [7, 11) is 1.50. The van der Waals surface area contributed by atoms with Gasteiger partial charge in [-0.1, -0.05) is 0 Å². The van der Waals surface area contributed by atoms with E-state index in [9.17, 15) is 14.4 Å². The van der Waals surface area contributed by atoms with Gasteiger partial charge in [-0.3, -0.25) is 9.59 Å². The molecule has 0 rings (SSSR count). The number of aliphatic hydroxyl groups is 1. The van der Waals surface area contributed by atoms with Gasteiger partial charge in [-0.15, -0.1) is 0 Å². The first-order valence-corrected chi connectivity index (χ1v) is 3.75. The van der Waals surface area contributed by atoms with Crippen LogP contribution in [0.5, 0.6) is 0 Å². The number of nitrogens with two attached hydrogens (primary N) is 1. The van der Waals surface area contributed by atoms with Crippen LogP contribution in [-0.2, 0) is 14.4 Å². The topological polar surface area (TPSA) is 158 Å². The van der Waals surface area contributed by atoms with Crippen molar-refractivity contribution in [2.75, 3.05) is 7.05 Å². The second-order valence-corrected chi connectivity index (χ2v) is 2.48. The smallest absolute Gasteiger partial charge is 0.336 e. The Balaban J connectivity index is 0. The van der Waals surface area contributed by atoms with Crippen LogP contribution in [0, 0.1) is 0 Å². The fraction of sp³-hybridized carbons (Fsp3) is 0.571. The van der Waals surface area contributed by atoms with Crippen molar-refractivity contribution >= 4 is 17.9 Å². The Bertz CT molecular complexity index is 234. The average Bonchev–Trinajstić information content (AvgIpc) is 2.04. The molecule has 0 aliphatic heterocycles. The lowest BCUT2D eigenvalue weighted by atomic mass is 9.96. The minimum absolute atomic E-state index is 1.14. The van der Waals surface area contributed by atoms with Crippen LogP contribution < -0.4 is 5.73 Å². The lowest BCUT2D eigenvalue weighted by molar-refractivity contribution is -0.170. The Morgan fingerprint density at radius 3 is 1.40 bits per heavy atom. The van der Waals surface area contributed by atoms with Gasteiger partial charge < -0.3 is 26.2 Å². The molecule has 6 N–H and O–H groups in total. The molecule has 0 saturated heterocycles. The van der Waals surface area contributed by atoms with Gasteiger partial charge >= 0.3 is 17.9 Å². The summed E-state index contributed by atoms with van der Waals surface area (Å²) in [6, 6.07) is 0. The zero-order valence-corrected chi connectivity index (χ0v) is 8.01. The molecule has 0 fully saturated rings. The van der Waals surface area contributed by atoms with Gasteiger partial charge in [0.05, 0.1) is 12.8 Å². The van der Waals surface area contributed by atoms with Crippen molar-refractivity contribution in [1.29, 1.82) is 0 Å². The maximum atomic E-state index is 10.3. The standard InChI is InChI=1S/C6H8O7.CH5N/c7-3(8)1-6(13,5(11)12)2-4(9)10;1-2/h13H,1-2H2,(H,7,8)(H,9,10)(H,11,12);2H2,1H3. The molecule has 0 aromatic rings. The van der Waals surface area contributed by atoms with Crippen molar-refractivity contribution in [1.82, 2.24) is 0 Å². The highest BCUT2D eigenvalue weighted by molar-refractivity contribution is 5.88. The molecule has 0 bridgehead atoms. The summed E-state index contributed by atoms with van der Waals surface area (Å²) in [5.74, 6) is -5.02. The third-order valence-corrected chi connectivity index (χ3v) is 1.29. The number of aliphatic carboxylic acids is 3. The van der Waals surface area contributed by atoms with Crippen LogP contribution in [0.1, 0.15) is 12.8 Å². The molecule has 8 heteroatoms. The van der Waals surface area contributed by atoms with E-state index in [1.807, 2.05) is 0 Å². The third-order valence-electron chi connectivity index (χ3n) is 1.29. The maximum absolute atomic E-state index is 10.3. The predicted molar refractivity (Wildman–Crippen MR) is 47.2 cm³/mol. The maximum Gasteiger partial charge on any atom is 0.336 e. The van der Waals surface area contributed by atoms with Crippen molar-refractivity contribution in [3.8, 4) is 0 Å². The van der Waals surface area contributed by atoms with E-state index in [1.54, 1.807) is 0 Å². The Labute approximate surface area is 84.9 Å². The van der Waals surface area contributed by atoms with Crippen LogP contribution in [-0.4, -0.2) is 51.0 Å². The summed E-state index contributed by atoms with van der Waals surface area (Å²) >= 11 is 0. The predicted octanol–water partition coefficient (Wildman–Crippen LogP) is -1.67. The van der Waals surface area contributed by atoms with E-state index >= 15 is 0 Å². The largest absolute Gasteiger partial charge is 0.481 e. The zero-order valence-electron chi connectivity index (χ0n) is 8.01. The summed E-state index contributed by atoms with van der Waals surface area (Å²) < 4.78 is 0. The first-order chi connectivity index (χ1) is 6.78. The molecule has 0 amide bonds. The number of carbonyl (C=O) groups is 3. The molecule has 0 saturated carbocycles. The molecule has 0 aromatic heterocycles. The van der Waals surface area contributed by atoms with Gasteiger partial charge in [0, 0.05) is 0 Å². The van der Waals surface area contributed by atoms with Crippen molar-refractivity contribution < 1.29 is 34.8 Å². The van der Waals surface area contributed by atoms with Gasteiger partial charge in [0.15, 0.2) is 5.60 Å². The van der Waals surface area contributed by atoms with Crippen LogP contribution in [0.2, 0.25) is 0 Å². The van der Waals surface area contributed by atoms with Gasteiger partial charge in [-0.25, -0.2) is 4.79 Å². The lowest BCUT2D eigenvalue weighted by Crippen LogP contribution is -2.42. The van der Waals surface area contributed by atoms with Gasteiger partial charge in [0.25, 0.3) is 0 Å². The van der Waals surface area contributed by atoms with Gasteiger partial charge in [-0.05, 0) is 7.05 Å². The van der Waals surface area contributed by atoms with E-state index in [4.69, 9.17) is 20.4 Å². The minimum atomic E-state index is -2.74.